The Morgan fingerprint density at radius 3 is 1.44 bits per heavy atom. The summed E-state index contributed by atoms with van der Waals surface area (Å²) in [6.07, 6.45) is 0.642. The van der Waals surface area contributed by atoms with E-state index in [4.69, 9.17) is 29.8 Å². The van der Waals surface area contributed by atoms with Crippen molar-refractivity contribution in [2.24, 2.45) is 0 Å². The summed E-state index contributed by atoms with van der Waals surface area (Å²) in [6, 6.07) is 29.6. The largest absolute Gasteiger partial charge is 0.478 e. The number of hydrogen-bond donors (Lipinski definition) is 4. The molecule has 0 amide bonds. The van der Waals surface area contributed by atoms with Crippen LogP contribution >= 0.6 is 0 Å². The van der Waals surface area contributed by atoms with Crippen LogP contribution in [-0.4, -0.2) is 105 Å². The number of carbonyl (C=O) groups excluding carboxylic acids is 1. The molecule has 2 aliphatic heterocycles. The highest BCUT2D eigenvalue weighted by Crippen LogP contribution is 2.33. The van der Waals surface area contributed by atoms with Crippen LogP contribution < -0.4 is 9.80 Å². The van der Waals surface area contributed by atoms with E-state index in [9.17, 15) is 24.9 Å². The van der Waals surface area contributed by atoms with Gasteiger partial charge >= 0.3 is 11.9 Å². The molecular formula is C41H44N6O7. The van der Waals surface area contributed by atoms with Crippen molar-refractivity contribution in [1.29, 1.82) is 0 Å². The predicted molar refractivity (Wildman–Crippen MR) is 209 cm³/mol. The maximum atomic E-state index is 11.8. The minimum absolute atomic E-state index is 0. The van der Waals surface area contributed by atoms with Gasteiger partial charge in [-0.25, -0.2) is 29.5 Å². The summed E-state index contributed by atoms with van der Waals surface area (Å²) in [7, 11) is 2.35. The Balaban J connectivity index is 0.000000195. The maximum Gasteiger partial charge on any atom is 0.337 e. The van der Waals surface area contributed by atoms with Gasteiger partial charge < -0.3 is 35.0 Å². The molecule has 0 bridgehead atoms. The fourth-order valence-electron chi connectivity index (χ4n) is 6.36. The molecule has 4 aromatic carbocycles. The van der Waals surface area contributed by atoms with Crippen LogP contribution in [-0.2, 0) is 4.74 Å². The molecule has 0 spiro atoms. The fourth-order valence-corrected chi connectivity index (χ4v) is 6.36. The molecule has 0 aliphatic carbocycles. The van der Waals surface area contributed by atoms with E-state index in [2.05, 4.69) is 0 Å². The molecule has 0 radical (unpaired) electrons. The number of ether oxygens (including phenoxy) is 1. The lowest BCUT2D eigenvalue weighted by atomic mass is 10.1. The van der Waals surface area contributed by atoms with Crippen LogP contribution in [0.5, 0.6) is 0 Å². The second kappa shape index (κ2) is 17.7. The minimum atomic E-state index is -0.992. The molecule has 280 valence electrons. The number of carboxylic acids is 1. The molecule has 2 aliphatic rings. The van der Waals surface area contributed by atoms with Gasteiger partial charge in [0.25, 0.3) is 0 Å². The van der Waals surface area contributed by atoms with E-state index < -0.39 is 11.9 Å². The normalized spacial score (nSPS) is 16.2. The van der Waals surface area contributed by atoms with Crippen molar-refractivity contribution in [3.05, 3.63) is 108 Å². The number of aliphatic hydroxyl groups is 3. The van der Waals surface area contributed by atoms with Crippen LogP contribution in [0.4, 0.5) is 11.6 Å². The van der Waals surface area contributed by atoms with Crippen LogP contribution in [0.1, 0.15) is 41.0 Å². The summed E-state index contributed by atoms with van der Waals surface area (Å²) >= 11 is 0. The zero-order valence-corrected chi connectivity index (χ0v) is 29.3. The standard InChI is InChI=1S/C20H19N3O3.C19H17N3O3.CH4O.CH4/c1-26-20(25)14-7-8-16-17(11-14)22-19(23-10-9-15(24)12-23)18(21-16)13-5-3-2-4-6-13;23-14-8-9-22(11-14)18-17(12-4-2-1-3-5-12)20-15-7-6-13(19(24)25)10-16(15)21-18;1-2;/h2-8,11,15,24H,9-10,12H2,1H3;1-7,10,14,23H,8-9,11H2,(H,24,25);2H,1H3;1H4/t15-;14-;;/m00../s1. The van der Waals surface area contributed by atoms with Crippen LogP contribution in [0.15, 0.2) is 97.1 Å². The van der Waals surface area contributed by atoms with E-state index in [-0.39, 0.29) is 25.2 Å². The molecule has 13 nitrogen and oxygen atoms in total. The number of rotatable bonds is 6. The van der Waals surface area contributed by atoms with Crippen molar-refractivity contribution in [2.45, 2.75) is 32.5 Å². The second-order valence-electron chi connectivity index (χ2n) is 12.5. The number of esters is 1. The van der Waals surface area contributed by atoms with E-state index in [1.807, 2.05) is 70.5 Å². The second-order valence-corrected chi connectivity index (χ2v) is 12.5. The van der Waals surface area contributed by atoms with E-state index in [0.717, 1.165) is 42.0 Å². The zero-order valence-electron chi connectivity index (χ0n) is 29.3. The van der Waals surface area contributed by atoms with Gasteiger partial charge in [-0.15, -0.1) is 0 Å². The van der Waals surface area contributed by atoms with Crippen LogP contribution in [0, 0.1) is 0 Å². The lowest BCUT2D eigenvalue weighted by Crippen LogP contribution is -2.23. The summed E-state index contributed by atoms with van der Waals surface area (Å²) in [6.45, 7) is 2.44. The number of benzene rings is 4. The number of aliphatic hydroxyl groups excluding tert-OH is 3. The molecule has 0 unspecified atom stereocenters. The predicted octanol–water partition coefficient (Wildman–Crippen LogP) is 5.47. The number of nitrogens with zero attached hydrogens (tertiary/aromatic N) is 6. The number of aromatic nitrogens is 4. The molecule has 0 saturated carbocycles. The van der Waals surface area contributed by atoms with E-state index in [1.165, 1.54) is 19.2 Å². The van der Waals surface area contributed by atoms with Crippen LogP contribution in [0.3, 0.4) is 0 Å². The zero-order chi connectivity index (χ0) is 37.5. The Morgan fingerprint density at radius 1 is 0.630 bits per heavy atom. The highest BCUT2D eigenvalue weighted by atomic mass is 16.5. The Labute approximate surface area is 313 Å². The first-order valence-electron chi connectivity index (χ1n) is 17.1. The van der Waals surface area contributed by atoms with Crippen LogP contribution in [0.25, 0.3) is 44.6 Å². The molecule has 2 atom stereocenters. The topological polar surface area (TPSA) is 182 Å². The quantitative estimate of drug-likeness (QED) is 0.159. The minimum Gasteiger partial charge on any atom is -0.478 e. The van der Waals surface area contributed by atoms with Crippen molar-refractivity contribution >= 4 is 45.6 Å². The van der Waals surface area contributed by atoms with Crippen molar-refractivity contribution < 1.29 is 34.8 Å². The smallest absolute Gasteiger partial charge is 0.337 e. The van der Waals surface area contributed by atoms with Crippen LogP contribution in [0.2, 0.25) is 0 Å². The highest BCUT2D eigenvalue weighted by molar-refractivity contribution is 5.95. The Hall–Kier alpha value is -6.02. The summed E-state index contributed by atoms with van der Waals surface area (Å²) < 4.78 is 4.79. The molecule has 8 rings (SSSR count). The summed E-state index contributed by atoms with van der Waals surface area (Å²) in [5.74, 6) is 0.00742. The van der Waals surface area contributed by atoms with Gasteiger partial charge in [-0.2, -0.15) is 0 Å². The summed E-state index contributed by atoms with van der Waals surface area (Å²) in [4.78, 5) is 46.1. The molecule has 2 saturated heterocycles. The van der Waals surface area contributed by atoms with Gasteiger partial charge in [-0.3, -0.25) is 0 Å². The fraction of sp³-hybridized carbons (Fsp3) is 0.268. The van der Waals surface area contributed by atoms with E-state index in [0.29, 0.717) is 65.9 Å². The number of carbonyl (C=O) groups is 2. The Bertz CT molecular complexity index is 2220. The number of aromatic carboxylic acids is 1. The molecule has 2 fully saturated rings. The van der Waals surface area contributed by atoms with Gasteiger partial charge in [0.15, 0.2) is 11.6 Å². The first kappa shape index (κ1) is 39.2. The Morgan fingerprint density at radius 2 is 1.06 bits per heavy atom. The SMILES string of the molecule is C.CO.COC(=O)c1ccc2nc(-c3ccccc3)c(N3CC[C@H](O)C3)nc2c1.O=C(O)c1ccc2nc(-c3ccccc3)c(N3CC[C@H](O)C3)nc2c1. The number of anilines is 2. The van der Waals surface area contributed by atoms with Gasteiger partial charge in [0, 0.05) is 44.4 Å². The third-order valence-electron chi connectivity index (χ3n) is 8.98. The van der Waals surface area contributed by atoms with Gasteiger partial charge in [0.05, 0.1) is 52.5 Å². The number of methoxy groups -OCH3 is 1. The van der Waals surface area contributed by atoms with E-state index in [1.54, 1.807) is 24.3 Å². The average molecular weight is 733 g/mol. The van der Waals surface area contributed by atoms with Gasteiger partial charge in [-0.1, -0.05) is 68.1 Å². The molecule has 6 aromatic rings. The molecule has 54 heavy (non-hydrogen) atoms. The first-order valence-corrected chi connectivity index (χ1v) is 17.1. The van der Waals surface area contributed by atoms with Gasteiger partial charge in [-0.05, 0) is 49.2 Å². The monoisotopic (exact) mass is 732 g/mol. The first-order chi connectivity index (χ1) is 25.8. The number of hydrogen-bond acceptors (Lipinski definition) is 12. The third-order valence-corrected chi connectivity index (χ3v) is 8.98. The number of carboxylic acid groups (broad SMARTS) is 1. The number of fused-ring (bicyclic) bond motifs is 2. The molecular weight excluding hydrogens is 688 g/mol. The molecule has 4 N–H and O–H groups in total. The maximum absolute atomic E-state index is 11.8. The van der Waals surface area contributed by atoms with Gasteiger partial charge in [0.2, 0.25) is 0 Å². The van der Waals surface area contributed by atoms with E-state index >= 15 is 0 Å². The lowest BCUT2D eigenvalue weighted by Gasteiger charge is -2.20. The molecule has 13 heteroatoms. The Kier molecular flexibility index (Phi) is 12.8. The summed E-state index contributed by atoms with van der Waals surface area (Å²) in [5, 5.41) is 36.0. The van der Waals surface area contributed by atoms with Crippen molar-refractivity contribution in [1.82, 2.24) is 19.9 Å². The third kappa shape index (κ3) is 8.60. The number of β-amino-alcohol motifs (C(OH)–C–C–N with tert-alkyl or cyclic N) is 2. The summed E-state index contributed by atoms with van der Waals surface area (Å²) in [5.41, 5.74) is 6.57. The highest BCUT2D eigenvalue weighted by Gasteiger charge is 2.27. The molecule has 4 heterocycles. The lowest BCUT2D eigenvalue weighted by molar-refractivity contribution is 0.0600. The van der Waals surface area contributed by atoms with Crippen molar-refractivity contribution in [3.63, 3.8) is 0 Å². The van der Waals surface area contributed by atoms with Crippen molar-refractivity contribution in [3.8, 4) is 22.5 Å². The average Bonchev–Trinajstić information content (AvgIpc) is 3.85. The van der Waals surface area contributed by atoms with Gasteiger partial charge in [0.1, 0.15) is 11.4 Å². The molecule has 2 aromatic heterocycles. The van der Waals surface area contributed by atoms with Crippen molar-refractivity contribution in [2.75, 3.05) is 50.2 Å².